The van der Waals surface area contributed by atoms with Crippen LogP contribution in [0.1, 0.15) is 25.7 Å². The summed E-state index contributed by atoms with van der Waals surface area (Å²) in [6, 6.07) is 0. The molecule has 56 valence electrons. The summed E-state index contributed by atoms with van der Waals surface area (Å²) in [6.07, 6.45) is 5.53. The Morgan fingerprint density at radius 1 is 1.40 bits per heavy atom. The third kappa shape index (κ3) is 0.988. The monoisotopic (exact) mass is 138 g/mol. The highest BCUT2D eigenvalue weighted by Crippen LogP contribution is 2.35. The van der Waals surface area contributed by atoms with Gasteiger partial charge in [-0.25, -0.2) is 0 Å². The molecule has 1 heteroatoms. The Morgan fingerprint density at radius 2 is 2.30 bits per heavy atom. The van der Waals surface area contributed by atoms with Gasteiger partial charge >= 0.3 is 0 Å². The lowest BCUT2D eigenvalue weighted by molar-refractivity contribution is 0.0803. The summed E-state index contributed by atoms with van der Waals surface area (Å²) >= 11 is 0. The van der Waals surface area contributed by atoms with Gasteiger partial charge in [0.15, 0.2) is 0 Å². The summed E-state index contributed by atoms with van der Waals surface area (Å²) in [5.74, 6) is 0.866. The molecule has 0 amide bonds. The molecule has 1 aliphatic heterocycles. The zero-order valence-corrected chi connectivity index (χ0v) is 6.31. The molecule has 0 bridgehead atoms. The van der Waals surface area contributed by atoms with Crippen LogP contribution in [0.5, 0.6) is 0 Å². The van der Waals surface area contributed by atoms with E-state index in [0.717, 1.165) is 18.9 Å². The summed E-state index contributed by atoms with van der Waals surface area (Å²) in [7, 11) is 0. The summed E-state index contributed by atoms with van der Waals surface area (Å²) < 4.78 is 5.57. The van der Waals surface area contributed by atoms with Crippen molar-refractivity contribution >= 4 is 0 Å². The van der Waals surface area contributed by atoms with Gasteiger partial charge in [-0.2, -0.15) is 0 Å². The molecule has 1 aliphatic carbocycles. The first kappa shape index (κ1) is 6.41. The fraction of sp³-hybridized carbons (Fsp3) is 0.778. The van der Waals surface area contributed by atoms with E-state index in [1.165, 1.54) is 24.8 Å². The lowest BCUT2D eigenvalue weighted by Crippen LogP contribution is -2.21. The molecule has 0 aromatic heterocycles. The zero-order chi connectivity index (χ0) is 6.97. The smallest absolute Gasteiger partial charge is 0.0641 e. The first-order valence-electron chi connectivity index (χ1n) is 4.14. The van der Waals surface area contributed by atoms with E-state index in [4.69, 9.17) is 4.74 Å². The van der Waals surface area contributed by atoms with Gasteiger partial charge in [0.2, 0.25) is 0 Å². The summed E-state index contributed by atoms with van der Waals surface area (Å²) in [5.41, 5.74) is 1.39. The lowest BCUT2D eigenvalue weighted by atomic mass is 9.84. The van der Waals surface area contributed by atoms with Crippen molar-refractivity contribution in [1.29, 1.82) is 0 Å². The number of fused-ring (bicyclic) bond motifs is 1. The first-order chi connectivity index (χ1) is 4.86. The van der Waals surface area contributed by atoms with Gasteiger partial charge in [-0.05, 0) is 31.6 Å². The molecular formula is C9H14O. The van der Waals surface area contributed by atoms with Gasteiger partial charge in [0.25, 0.3) is 0 Å². The Bertz CT molecular complexity index is 151. The molecule has 2 fully saturated rings. The van der Waals surface area contributed by atoms with Crippen molar-refractivity contribution in [2.75, 3.05) is 6.61 Å². The molecule has 0 radical (unpaired) electrons. The highest BCUT2D eigenvalue weighted by Gasteiger charge is 2.31. The average molecular weight is 138 g/mol. The summed E-state index contributed by atoms with van der Waals surface area (Å²) in [6.45, 7) is 4.98. The van der Waals surface area contributed by atoms with Gasteiger partial charge in [0.1, 0.15) is 0 Å². The van der Waals surface area contributed by atoms with Crippen LogP contribution in [0.3, 0.4) is 0 Å². The van der Waals surface area contributed by atoms with Crippen LogP contribution in [0.2, 0.25) is 0 Å². The summed E-state index contributed by atoms with van der Waals surface area (Å²) in [5, 5.41) is 0. The molecule has 2 aliphatic rings. The Balaban J connectivity index is 2.03. The van der Waals surface area contributed by atoms with Gasteiger partial charge in [0.05, 0.1) is 6.10 Å². The Kier molecular flexibility index (Phi) is 1.53. The van der Waals surface area contributed by atoms with Crippen molar-refractivity contribution < 1.29 is 4.74 Å². The normalized spacial score (nSPS) is 39.8. The highest BCUT2D eigenvalue weighted by atomic mass is 16.5. The molecular weight excluding hydrogens is 124 g/mol. The van der Waals surface area contributed by atoms with Crippen molar-refractivity contribution in [2.24, 2.45) is 5.92 Å². The maximum Gasteiger partial charge on any atom is 0.0641 e. The molecule has 0 spiro atoms. The molecule has 2 atom stereocenters. The minimum atomic E-state index is 0.543. The van der Waals surface area contributed by atoms with Gasteiger partial charge in [-0.1, -0.05) is 12.2 Å². The van der Waals surface area contributed by atoms with Crippen molar-refractivity contribution in [2.45, 2.75) is 31.8 Å². The minimum absolute atomic E-state index is 0.543. The maximum absolute atomic E-state index is 5.57. The second kappa shape index (κ2) is 2.39. The predicted octanol–water partition coefficient (Wildman–Crippen LogP) is 2.13. The molecule has 2 unspecified atom stereocenters. The molecule has 2 rings (SSSR count). The SMILES string of the molecule is C=C1CCC2CCOC2C1. The van der Waals surface area contributed by atoms with Crippen LogP contribution in [-0.4, -0.2) is 12.7 Å². The molecule has 0 aromatic carbocycles. The second-order valence-corrected chi connectivity index (χ2v) is 3.45. The molecule has 10 heavy (non-hydrogen) atoms. The first-order valence-corrected chi connectivity index (χ1v) is 4.14. The van der Waals surface area contributed by atoms with E-state index in [9.17, 15) is 0 Å². The fourth-order valence-corrected chi connectivity index (χ4v) is 2.02. The van der Waals surface area contributed by atoms with Crippen LogP contribution in [0.25, 0.3) is 0 Å². The largest absolute Gasteiger partial charge is 0.378 e. The van der Waals surface area contributed by atoms with E-state index in [2.05, 4.69) is 6.58 Å². The molecule has 0 N–H and O–H groups in total. The average Bonchev–Trinajstić information content (AvgIpc) is 2.33. The lowest BCUT2D eigenvalue weighted by Gasteiger charge is -2.25. The van der Waals surface area contributed by atoms with E-state index in [-0.39, 0.29) is 0 Å². The van der Waals surface area contributed by atoms with E-state index >= 15 is 0 Å². The molecule has 0 aromatic rings. The zero-order valence-electron chi connectivity index (χ0n) is 6.31. The molecule has 1 heterocycles. The van der Waals surface area contributed by atoms with Crippen LogP contribution in [0.15, 0.2) is 12.2 Å². The van der Waals surface area contributed by atoms with Crippen LogP contribution < -0.4 is 0 Å². The Labute approximate surface area is 62.1 Å². The predicted molar refractivity (Wildman–Crippen MR) is 40.8 cm³/mol. The Hall–Kier alpha value is -0.300. The third-order valence-electron chi connectivity index (χ3n) is 2.70. The van der Waals surface area contributed by atoms with E-state index < -0.39 is 0 Å². The standard InChI is InChI=1S/C9H14O/c1-7-2-3-8-4-5-10-9(8)6-7/h8-9H,1-6H2. The number of rotatable bonds is 0. The number of hydrogen-bond donors (Lipinski definition) is 0. The van der Waals surface area contributed by atoms with Gasteiger partial charge in [-0.3, -0.25) is 0 Å². The number of ether oxygens (including phenoxy) is 1. The summed E-state index contributed by atoms with van der Waals surface area (Å²) in [4.78, 5) is 0. The van der Waals surface area contributed by atoms with Crippen molar-refractivity contribution in [1.82, 2.24) is 0 Å². The van der Waals surface area contributed by atoms with E-state index in [1.807, 2.05) is 0 Å². The van der Waals surface area contributed by atoms with Gasteiger partial charge in [0, 0.05) is 6.61 Å². The van der Waals surface area contributed by atoms with Crippen LogP contribution >= 0.6 is 0 Å². The van der Waals surface area contributed by atoms with E-state index in [0.29, 0.717) is 6.10 Å². The molecule has 1 saturated carbocycles. The van der Waals surface area contributed by atoms with Gasteiger partial charge in [-0.15, -0.1) is 0 Å². The quantitative estimate of drug-likeness (QED) is 0.466. The van der Waals surface area contributed by atoms with Gasteiger partial charge < -0.3 is 4.74 Å². The second-order valence-electron chi connectivity index (χ2n) is 3.45. The topological polar surface area (TPSA) is 9.23 Å². The highest BCUT2D eigenvalue weighted by molar-refractivity contribution is 5.03. The van der Waals surface area contributed by atoms with Crippen molar-refractivity contribution in [3.8, 4) is 0 Å². The fourth-order valence-electron chi connectivity index (χ4n) is 2.02. The third-order valence-corrected chi connectivity index (χ3v) is 2.70. The van der Waals surface area contributed by atoms with Crippen LogP contribution in [0, 0.1) is 5.92 Å². The van der Waals surface area contributed by atoms with E-state index in [1.54, 1.807) is 0 Å². The van der Waals surface area contributed by atoms with Crippen LogP contribution in [0.4, 0.5) is 0 Å². The molecule has 1 saturated heterocycles. The van der Waals surface area contributed by atoms with Crippen LogP contribution in [-0.2, 0) is 4.74 Å². The Morgan fingerprint density at radius 3 is 3.20 bits per heavy atom. The van der Waals surface area contributed by atoms with Crippen molar-refractivity contribution in [3.05, 3.63) is 12.2 Å². The maximum atomic E-state index is 5.57. The minimum Gasteiger partial charge on any atom is -0.378 e. The molecule has 1 nitrogen and oxygen atoms in total. The van der Waals surface area contributed by atoms with Crippen molar-refractivity contribution in [3.63, 3.8) is 0 Å². The number of hydrogen-bond acceptors (Lipinski definition) is 1.